The number of rotatable bonds is 4. The number of nitrogens with one attached hydrogen (secondary N) is 1. The smallest absolute Gasteiger partial charge is 0.360 e. The van der Waals surface area contributed by atoms with Gasteiger partial charge in [0.05, 0.1) is 5.02 Å². The van der Waals surface area contributed by atoms with Gasteiger partial charge < -0.3 is 10.1 Å². The SMILES string of the molecule is Cn1cc(Cl)c(C(=O)OCC(=O)NC2CCCCC2)n1. The molecule has 1 aliphatic carbocycles. The molecule has 7 heteroatoms. The molecule has 0 aliphatic heterocycles. The van der Waals surface area contributed by atoms with Gasteiger partial charge in [-0.1, -0.05) is 30.9 Å². The fourth-order valence-corrected chi connectivity index (χ4v) is 2.57. The number of aromatic nitrogens is 2. The second kappa shape index (κ2) is 6.74. The fraction of sp³-hybridized carbons (Fsp3) is 0.615. The molecule has 1 aromatic rings. The largest absolute Gasteiger partial charge is 0.451 e. The van der Waals surface area contributed by atoms with E-state index in [1.165, 1.54) is 17.3 Å². The number of nitrogens with zero attached hydrogens (tertiary/aromatic N) is 2. The molecule has 110 valence electrons. The number of halogens is 1. The molecule has 6 nitrogen and oxygen atoms in total. The molecule has 0 radical (unpaired) electrons. The number of ether oxygens (including phenoxy) is 1. The molecular weight excluding hydrogens is 282 g/mol. The van der Waals surface area contributed by atoms with Crippen molar-refractivity contribution in [3.05, 3.63) is 16.9 Å². The molecule has 2 rings (SSSR count). The highest BCUT2D eigenvalue weighted by Crippen LogP contribution is 2.17. The van der Waals surface area contributed by atoms with Gasteiger partial charge >= 0.3 is 5.97 Å². The van der Waals surface area contributed by atoms with E-state index in [2.05, 4.69) is 10.4 Å². The number of esters is 1. The van der Waals surface area contributed by atoms with Crippen molar-refractivity contribution in [2.75, 3.05) is 6.61 Å². The summed E-state index contributed by atoms with van der Waals surface area (Å²) in [6.07, 6.45) is 6.97. The van der Waals surface area contributed by atoms with Crippen molar-refractivity contribution in [3.8, 4) is 0 Å². The Morgan fingerprint density at radius 2 is 2.15 bits per heavy atom. The van der Waals surface area contributed by atoms with Crippen molar-refractivity contribution in [2.24, 2.45) is 7.05 Å². The van der Waals surface area contributed by atoms with Crippen molar-refractivity contribution in [2.45, 2.75) is 38.1 Å². The van der Waals surface area contributed by atoms with E-state index in [-0.39, 0.29) is 29.3 Å². The first-order valence-electron chi connectivity index (χ1n) is 6.72. The molecule has 0 unspecified atom stereocenters. The Labute approximate surface area is 122 Å². The summed E-state index contributed by atoms with van der Waals surface area (Å²) >= 11 is 5.83. The van der Waals surface area contributed by atoms with Gasteiger partial charge in [0.1, 0.15) is 0 Å². The van der Waals surface area contributed by atoms with E-state index in [4.69, 9.17) is 16.3 Å². The first-order valence-corrected chi connectivity index (χ1v) is 7.09. The molecular formula is C13H18ClN3O3. The number of aryl methyl sites for hydroxylation is 1. The fourth-order valence-electron chi connectivity index (χ4n) is 2.31. The number of carbonyl (C=O) groups excluding carboxylic acids is 2. The zero-order valence-corrected chi connectivity index (χ0v) is 12.2. The van der Waals surface area contributed by atoms with Crippen LogP contribution in [0.15, 0.2) is 6.20 Å². The number of carbonyl (C=O) groups is 2. The van der Waals surface area contributed by atoms with E-state index >= 15 is 0 Å². The monoisotopic (exact) mass is 299 g/mol. The van der Waals surface area contributed by atoms with Crippen LogP contribution < -0.4 is 5.32 Å². The molecule has 1 saturated carbocycles. The lowest BCUT2D eigenvalue weighted by molar-refractivity contribution is -0.125. The summed E-state index contributed by atoms with van der Waals surface area (Å²) < 4.78 is 6.33. The van der Waals surface area contributed by atoms with Crippen molar-refractivity contribution in [1.29, 1.82) is 0 Å². The molecule has 1 fully saturated rings. The van der Waals surface area contributed by atoms with Crippen LogP contribution in [0, 0.1) is 0 Å². The van der Waals surface area contributed by atoms with Gasteiger partial charge in [-0.2, -0.15) is 5.10 Å². The molecule has 20 heavy (non-hydrogen) atoms. The van der Waals surface area contributed by atoms with Gasteiger partial charge in [0.15, 0.2) is 12.3 Å². The molecule has 0 saturated heterocycles. The Morgan fingerprint density at radius 3 is 2.75 bits per heavy atom. The maximum atomic E-state index is 11.7. The Morgan fingerprint density at radius 1 is 1.45 bits per heavy atom. The summed E-state index contributed by atoms with van der Waals surface area (Å²) in [5.41, 5.74) is 0.0274. The molecule has 1 amide bonds. The van der Waals surface area contributed by atoms with Crippen LogP contribution in [0.5, 0.6) is 0 Å². The van der Waals surface area contributed by atoms with Crippen molar-refractivity contribution >= 4 is 23.5 Å². The Kier molecular flexibility index (Phi) is 5.00. The first kappa shape index (κ1) is 14.8. The van der Waals surface area contributed by atoms with Crippen molar-refractivity contribution < 1.29 is 14.3 Å². The zero-order valence-electron chi connectivity index (χ0n) is 11.4. The second-order valence-corrected chi connectivity index (χ2v) is 5.39. The van der Waals surface area contributed by atoms with Crippen LogP contribution in [0.25, 0.3) is 0 Å². The molecule has 0 bridgehead atoms. The topological polar surface area (TPSA) is 73.2 Å². The lowest BCUT2D eigenvalue weighted by atomic mass is 9.95. The third-order valence-electron chi connectivity index (χ3n) is 3.28. The van der Waals surface area contributed by atoms with Crippen LogP contribution in [-0.4, -0.2) is 34.3 Å². The van der Waals surface area contributed by atoms with E-state index in [0.29, 0.717) is 0 Å². The van der Waals surface area contributed by atoms with Crippen LogP contribution >= 0.6 is 11.6 Å². The maximum absolute atomic E-state index is 11.7. The minimum atomic E-state index is -0.686. The van der Waals surface area contributed by atoms with Crippen LogP contribution in [0.3, 0.4) is 0 Å². The average molecular weight is 300 g/mol. The quantitative estimate of drug-likeness (QED) is 0.859. The summed E-state index contributed by atoms with van der Waals surface area (Å²) in [5.74, 6) is -0.966. The van der Waals surface area contributed by atoms with Gasteiger partial charge in [-0.05, 0) is 12.8 Å². The highest BCUT2D eigenvalue weighted by Gasteiger charge is 2.19. The molecule has 1 heterocycles. The Hall–Kier alpha value is -1.56. The van der Waals surface area contributed by atoms with Crippen LogP contribution in [-0.2, 0) is 16.6 Å². The highest BCUT2D eigenvalue weighted by atomic mass is 35.5. The van der Waals surface area contributed by atoms with E-state index in [1.807, 2.05) is 0 Å². The number of hydrogen-bond acceptors (Lipinski definition) is 4. The number of hydrogen-bond donors (Lipinski definition) is 1. The standard InChI is InChI=1S/C13H18ClN3O3/c1-17-7-10(14)12(16-17)13(19)20-8-11(18)15-9-5-3-2-4-6-9/h7,9H,2-6,8H2,1H3,(H,15,18). The minimum Gasteiger partial charge on any atom is -0.451 e. The Balaban J connectivity index is 1.78. The lowest BCUT2D eigenvalue weighted by Crippen LogP contribution is -2.38. The van der Waals surface area contributed by atoms with Gasteiger partial charge in [-0.15, -0.1) is 0 Å². The van der Waals surface area contributed by atoms with Gasteiger partial charge in [-0.3, -0.25) is 9.48 Å². The zero-order chi connectivity index (χ0) is 14.5. The van der Waals surface area contributed by atoms with Crippen molar-refractivity contribution in [3.63, 3.8) is 0 Å². The lowest BCUT2D eigenvalue weighted by Gasteiger charge is -2.22. The molecule has 1 aromatic heterocycles. The van der Waals surface area contributed by atoms with Gasteiger partial charge in [0.2, 0.25) is 0 Å². The van der Waals surface area contributed by atoms with E-state index in [1.54, 1.807) is 7.05 Å². The molecule has 1 aliphatic rings. The summed E-state index contributed by atoms with van der Waals surface area (Å²) in [7, 11) is 1.65. The predicted molar refractivity (Wildman–Crippen MR) is 73.5 cm³/mol. The maximum Gasteiger partial charge on any atom is 0.360 e. The van der Waals surface area contributed by atoms with E-state index < -0.39 is 5.97 Å². The van der Waals surface area contributed by atoms with Crippen LogP contribution in [0.4, 0.5) is 0 Å². The first-order chi connectivity index (χ1) is 9.56. The van der Waals surface area contributed by atoms with E-state index in [9.17, 15) is 9.59 Å². The Bertz CT molecular complexity index is 495. The second-order valence-electron chi connectivity index (χ2n) is 4.98. The predicted octanol–water partition coefficient (Wildman–Crippen LogP) is 1.68. The van der Waals surface area contributed by atoms with Crippen molar-refractivity contribution in [1.82, 2.24) is 15.1 Å². The van der Waals surface area contributed by atoms with Gasteiger partial charge in [-0.25, -0.2) is 4.79 Å². The third kappa shape index (κ3) is 3.96. The highest BCUT2D eigenvalue weighted by molar-refractivity contribution is 6.33. The van der Waals surface area contributed by atoms with Crippen LogP contribution in [0.1, 0.15) is 42.6 Å². The average Bonchev–Trinajstić information content (AvgIpc) is 2.76. The van der Waals surface area contributed by atoms with Gasteiger partial charge in [0, 0.05) is 19.3 Å². The minimum absolute atomic E-state index is 0.0274. The molecule has 0 atom stereocenters. The van der Waals surface area contributed by atoms with Gasteiger partial charge in [0.25, 0.3) is 5.91 Å². The molecule has 0 spiro atoms. The normalized spacial score (nSPS) is 15.9. The van der Waals surface area contributed by atoms with Crippen LogP contribution in [0.2, 0.25) is 5.02 Å². The third-order valence-corrected chi connectivity index (χ3v) is 3.56. The number of amides is 1. The molecule has 0 aromatic carbocycles. The summed E-state index contributed by atoms with van der Waals surface area (Å²) in [5, 5.41) is 6.97. The summed E-state index contributed by atoms with van der Waals surface area (Å²) in [6, 6.07) is 0.202. The van der Waals surface area contributed by atoms with E-state index in [0.717, 1.165) is 25.7 Å². The molecule has 1 N–H and O–H groups in total. The summed E-state index contributed by atoms with van der Waals surface area (Å²) in [4.78, 5) is 23.4. The summed E-state index contributed by atoms with van der Waals surface area (Å²) in [6.45, 7) is -0.303.